The van der Waals surface area contributed by atoms with Crippen LogP contribution in [0.25, 0.3) is 0 Å². The maximum absolute atomic E-state index is 13.0. The summed E-state index contributed by atoms with van der Waals surface area (Å²) in [6.45, 7) is 5.02. The summed E-state index contributed by atoms with van der Waals surface area (Å²) in [6.07, 6.45) is 5.46. The molecule has 1 atom stereocenters. The van der Waals surface area contributed by atoms with Crippen LogP contribution in [0.2, 0.25) is 0 Å². The second-order valence-electron chi connectivity index (χ2n) is 5.14. The molecule has 1 unspecified atom stereocenters. The molecule has 1 aromatic heterocycles. The van der Waals surface area contributed by atoms with Gasteiger partial charge in [-0.05, 0) is 31.0 Å². The lowest BCUT2D eigenvalue weighted by molar-refractivity contribution is 0.461. The highest BCUT2D eigenvalue weighted by molar-refractivity contribution is 5.25. The molecule has 1 heterocycles. The Hall–Kier alpha value is -1.68. The van der Waals surface area contributed by atoms with Crippen molar-refractivity contribution < 1.29 is 4.39 Å². The maximum atomic E-state index is 13.0. The quantitative estimate of drug-likeness (QED) is 0.899. The van der Waals surface area contributed by atoms with Crippen LogP contribution in [-0.2, 0) is 18.5 Å². The number of hydrogen-bond acceptors (Lipinski definition) is 2. The van der Waals surface area contributed by atoms with E-state index in [1.807, 2.05) is 13.1 Å². The van der Waals surface area contributed by atoms with Crippen molar-refractivity contribution in [1.82, 2.24) is 9.55 Å². The van der Waals surface area contributed by atoms with E-state index in [1.165, 1.54) is 12.1 Å². The Kier molecular flexibility index (Phi) is 4.00. The van der Waals surface area contributed by atoms with E-state index < -0.39 is 5.54 Å². The van der Waals surface area contributed by atoms with E-state index >= 15 is 0 Å². The van der Waals surface area contributed by atoms with E-state index in [0.29, 0.717) is 6.42 Å². The van der Waals surface area contributed by atoms with Crippen molar-refractivity contribution in [1.29, 1.82) is 0 Å². The van der Waals surface area contributed by atoms with Crippen LogP contribution >= 0.6 is 0 Å². The van der Waals surface area contributed by atoms with Gasteiger partial charge in [-0.15, -0.1) is 0 Å². The number of aromatic nitrogens is 2. The molecule has 1 aromatic carbocycles. The van der Waals surface area contributed by atoms with Crippen LogP contribution in [0.1, 0.15) is 31.7 Å². The van der Waals surface area contributed by atoms with Gasteiger partial charge in [-0.25, -0.2) is 9.37 Å². The summed E-state index contributed by atoms with van der Waals surface area (Å²) < 4.78 is 15.1. The predicted molar refractivity (Wildman–Crippen MR) is 74.2 cm³/mol. The molecular weight excluding hydrogens is 241 g/mol. The Morgan fingerprint density at radius 3 is 2.63 bits per heavy atom. The first kappa shape index (κ1) is 13.7. The number of nitrogens with two attached hydrogens (primary N) is 1. The van der Waals surface area contributed by atoms with Crippen LogP contribution in [0, 0.1) is 5.82 Å². The summed E-state index contributed by atoms with van der Waals surface area (Å²) >= 11 is 0. The number of aryl methyl sites for hydroxylation is 1. The van der Waals surface area contributed by atoms with E-state index in [9.17, 15) is 4.39 Å². The molecule has 0 saturated heterocycles. The zero-order chi connectivity index (χ0) is 13.9. The number of hydrogen-bond donors (Lipinski definition) is 1. The SMILES string of the molecule is CCCn1ccnc1CC(C)(N)c1ccc(F)cc1. The number of imidazole rings is 1. The number of nitrogens with zero attached hydrogens (tertiary/aromatic N) is 2. The number of rotatable bonds is 5. The molecule has 0 aliphatic carbocycles. The number of halogens is 1. The van der Waals surface area contributed by atoms with Crippen LogP contribution in [0.3, 0.4) is 0 Å². The average Bonchev–Trinajstić information content (AvgIpc) is 2.77. The van der Waals surface area contributed by atoms with Crippen molar-refractivity contribution in [2.45, 2.75) is 38.8 Å². The smallest absolute Gasteiger partial charge is 0.123 e. The van der Waals surface area contributed by atoms with Crippen LogP contribution in [0.15, 0.2) is 36.7 Å². The molecule has 0 radical (unpaired) electrons. The van der Waals surface area contributed by atoms with Gasteiger partial charge in [-0.1, -0.05) is 19.1 Å². The molecule has 0 bridgehead atoms. The molecule has 0 spiro atoms. The average molecular weight is 261 g/mol. The molecule has 0 aliphatic rings. The topological polar surface area (TPSA) is 43.8 Å². The van der Waals surface area contributed by atoms with E-state index in [-0.39, 0.29) is 5.82 Å². The van der Waals surface area contributed by atoms with E-state index in [2.05, 4.69) is 16.5 Å². The van der Waals surface area contributed by atoms with Crippen LogP contribution in [0.5, 0.6) is 0 Å². The molecule has 0 aliphatic heterocycles. The summed E-state index contributed by atoms with van der Waals surface area (Å²) in [7, 11) is 0. The van der Waals surface area contributed by atoms with E-state index in [0.717, 1.165) is 24.4 Å². The molecule has 19 heavy (non-hydrogen) atoms. The fourth-order valence-corrected chi connectivity index (χ4v) is 2.21. The van der Waals surface area contributed by atoms with Gasteiger partial charge in [0.2, 0.25) is 0 Å². The first-order valence-corrected chi connectivity index (χ1v) is 6.58. The molecule has 3 nitrogen and oxygen atoms in total. The molecule has 102 valence electrons. The Balaban J connectivity index is 2.20. The van der Waals surface area contributed by atoms with Gasteiger partial charge in [0, 0.05) is 30.9 Å². The Labute approximate surface area is 113 Å². The van der Waals surface area contributed by atoms with Gasteiger partial charge in [0.25, 0.3) is 0 Å². The molecule has 0 saturated carbocycles. The van der Waals surface area contributed by atoms with Crippen molar-refractivity contribution in [2.75, 3.05) is 0 Å². The third kappa shape index (κ3) is 3.20. The van der Waals surface area contributed by atoms with Gasteiger partial charge in [-0.3, -0.25) is 0 Å². The zero-order valence-electron chi connectivity index (χ0n) is 11.4. The third-order valence-corrected chi connectivity index (χ3v) is 3.30. The summed E-state index contributed by atoms with van der Waals surface area (Å²) in [5, 5.41) is 0. The normalized spacial score (nSPS) is 14.3. The molecular formula is C15H20FN3. The molecule has 0 amide bonds. The fourth-order valence-electron chi connectivity index (χ4n) is 2.21. The molecule has 2 N–H and O–H groups in total. The van der Waals surface area contributed by atoms with E-state index in [4.69, 9.17) is 5.73 Å². The monoisotopic (exact) mass is 261 g/mol. The summed E-state index contributed by atoms with van der Waals surface area (Å²) in [5.41, 5.74) is 6.73. The second-order valence-corrected chi connectivity index (χ2v) is 5.14. The van der Waals surface area contributed by atoms with Crippen molar-refractivity contribution in [2.24, 2.45) is 5.73 Å². The van der Waals surface area contributed by atoms with Crippen LogP contribution in [0.4, 0.5) is 4.39 Å². The Morgan fingerprint density at radius 2 is 2.00 bits per heavy atom. The summed E-state index contributed by atoms with van der Waals surface area (Å²) in [6, 6.07) is 6.36. The van der Waals surface area contributed by atoms with Gasteiger partial charge in [0.15, 0.2) is 0 Å². The lowest BCUT2D eigenvalue weighted by Crippen LogP contribution is -2.36. The summed E-state index contributed by atoms with van der Waals surface area (Å²) in [5.74, 6) is 0.725. The number of benzene rings is 1. The largest absolute Gasteiger partial charge is 0.335 e. The maximum Gasteiger partial charge on any atom is 0.123 e. The highest BCUT2D eigenvalue weighted by Crippen LogP contribution is 2.22. The predicted octanol–water partition coefficient (Wildman–Crippen LogP) is 2.85. The summed E-state index contributed by atoms with van der Waals surface area (Å²) in [4.78, 5) is 4.37. The fraction of sp³-hybridized carbons (Fsp3) is 0.400. The highest BCUT2D eigenvalue weighted by atomic mass is 19.1. The Bertz CT molecular complexity index is 529. The highest BCUT2D eigenvalue weighted by Gasteiger charge is 2.23. The Morgan fingerprint density at radius 1 is 1.32 bits per heavy atom. The molecule has 2 rings (SSSR count). The van der Waals surface area contributed by atoms with Crippen molar-refractivity contribution in [3.63, 3.8) is 0 Å². The van der Waals surface area contributed by atoms with Gasteiger partial charge in [0.1, 0.15) is 11.6 Å². The molecule has 0 fully saturated rings. The van der Waals surface area contributed by atoms with Crippen molar-refractivity contribution in [3.05, 3.63) is 53.9 Å². The third-order valence-electron chi connectivity index (χ3n) is 3.30. The van der Waals surface area contributed by atoms with E-state index in [1.54, 1.807) is 18.3 Å². The minimum Gasteiger partial charge on any atom is -0.335 e. The first-order chi connectivity index (χ1) is 9.03. The standard InChI is InChI=1S/C15H20FN3/c1-3-9-19-10-8-18-14(19)11-15(2,17)12-4-6-13(16)7-5-12/h4-8,10H,3,9,11,17H2,1-2H3. The molecule has 2 aromatic rings. The van der Waals surface area contributed by atoms with Crippen LogP contribution < -0.4 is 5.73 Å². The lowest BCUT2D eigenvalue weighted by atomic mass is 9.89. The minimum absolute atomic E-state index is 0.243. The second kappa shape index (κ2) is 5.53. The van der Waals surface area contributed by atoms with Crippen molar-refractivity contribution in [3.8, 4) is 0 Å². The molecule has 4 heteroatoms. The van der Waals surface area contributed by atoms with Gasteiger partial charge in [-0.2, -0.15) is 0 Å². The van der Waals surface area contributed by atoms with Crippen LogP contribution in [-0.4, -0.2) is 9.55 Å². The first-order valence-electron chi connectivity index (χ1n) is 6.58. The minimum atomic E-state index is -0.551. The lowest BCUT2D eigenvalue weighted by Gasteiger charge is -2.25. The van der Waals surface area contributed by atoms with Gasteiger partial charge >= 0.3 is 0 Å². The zero-order valence-corrected chi connectivity index (χ0v) is 11.4. The van der Waals surface area contributed by atoms with Gasteiger partial charge in [0.05, 0.1) is 0 Å². The van der Waals surface area contributed by atoms with Gasteiger partial charge < -0.3 is 10.3 Å². The van der Waals surface area contributed by atoms with Crippen molar-refractivity contribution >= 4 is 0 Å².